The van der Waals surface area contributed by atoms with Crippen LogP contribution in [0.15, 0.2) is 18.3 Å². The van der Waals surface area contributed by atoms with Crippen LogP contribution in [0.4, 0.5) is 0 Å². The van der Waals surface area contributed by atoms with E-state index >= 15 is 0 Å². The Bertz CT molecular complexity index is 427. The summed E-state index contributed by atoms with van der Waals surface area (Å²) in [6, 6.07) is 2.79. The first-order valence-electron chi connectivity index (χ1n) is 5.14. The van der Waals surface area contributed by atoms with Gasteiger partial charge >= 0.3 is 5.97 Å². The van der Waals surface area contributed by atoms with E-state index in [4.69, 9.17) is 5.11 Å². The van der Waals surface area contributed by atoms with Crippen molar-refractivity contribution in [2.45, 2.75) is 12.8 Å². The number of aromatic nitrogens is 1. The van der Waals surface area contributed by atoms with Crippen molar-refractivity contribution in [1.82, 2.24) is 10.3 Å². The summed E-state index contributed by atoms with van der Waals surface area (Å²) in [6.07, 6.45) is 3.66. The molecule has 1 heterocycles. The second-order valence-corrected chi connectivity index (χ2v) is 3.89. The van der Waals surface area contributed by atoms with Gasteiger partial charge in [0.15, 0.2) is 0 Å². The van der Waals surface area contributed by atoms with E-state index in [2.05, 4.69) is 10.3 Å². The summed E-state index contributed by atoms with van der Waals surface area (Å²) in [5.41, 5.74) is 0.229. The molecular formula is C11H12N2O3. The van der Waals surface area contributed by atoms with E-state index in [-0.39, 0.29) is 11.6 Å². The third kappa shape index (κ3) is 2.56. The van der Waals surface area contributed by atoms with Crippen LogP contribution >= 0.6 is 0 Å². The van der Waals surface area contributed by atoms with E-state index in [1.807, 2.05) is 0 Å². The van der Waals surface area contributed by atoms with E-state index in [0.717, 1.165) is 12.8 Å². The van der Waals surface area contributed by atoms with Gasteiger partial charge < -0.3 is 10.4 Å². The first-order valence-corrected chi connectivity index (χ1v) is 5.14. The third-order valence-electron chi connectivity index (χ3n) is 2.49. The number of carbonyl (C=O) groups excluding carboxylic acids is 1. The molecule has 1 aromatic heterocycles. The lowest BCUT2D eigenvalue weighted by molar-refractivity contribution is 0.0690. The molecule has 0 atom stereocenters. The van der Waals surface area contributed by atoms with Gasteiger partial charge in [-0.15, -0.1) is 0 Å². The van der Waals surface area contributed by atoms with Crippen molar-refractivity contribution in [3.63, 3.8) is 0 Å². The molecule has 1 aromatic rings. The highest BCUT2D eigenvalue weighted by atomic mass is 16.4. The lowest BCUT2D eigenvalue weighted by Crippen LogP contribution is -2.25. The Kier molecular flexibility index (Phi) is 2.85. The average molecular weight is 220 g/mol. The van der Waals surface area contributed by atoms with Crippen molar-refractivity contribution in [2.24, 2.45) is 5.92 Å². The van der Waals surface area contributed by atoms with Gasteiger partial charge in [-0.1, -0.05) is 0 Å². The molecule has 2 N–H and O–H groups in total. The van der Waals surface area contributed by atoms with Gasteiger partial charge in [-0.3, -0.25) is 4.79 Å². The number of amides is 1. The first kappa shape index (κ1) is 10.6. The maximum atomic E-state index is 11.6. The molecule has 16 heavy (non-hydrogen) atoms. The van der Waals surface area contributed by atoms with Crippen LogP contribution < -0.4 is 5.32 Å². The second kappa shape index (κ2) is 4.30. The summed E-state index contributed by atoms with van der Waals surface area (Å²) in [5.74, 6) is -0.765. The molecular weight excluding hydrogens is 208 g/mol. The van der Waals surface area contributed by atoms with Gasteiger partial charge in [0, 0.05) is 18.3 Å². The van der Waals surface area contributed by atoms with Gasteiger partial charge in [0.25, 0.3) is 5.91 Å². The zero-order valence-electron chi connectivity index (χ0n) is 8.64. The Labute approximate surface area is 92.5 Å². The van der Waals surface area contributed by atoms with E-state index in [1.54, 1.807) is 0 Å². The number of nitrogens with one attached hydrogen (secondary N) is 1. The molecule has 0 saturated heterocycles. The Morgan fingerprint density at radius 3 is 2.88 bits per heavy atom. The minimum Gasteiger partial charge on any atom is -0.477 e. The van der Waals surface area contributed by atoms with E-state index in [1.165, 1.54) is 18.3 Å². The van der Waals surface area contributed by atoms with Crippen molar-refractivity contribution in [1.29, 1.82) is 0 Å². The summed E-state index contributed by atoms with van der Waals surface area (Å²) >= 11 is 0. The predicted octanol–water partition coefficient (Wildman–Crippen LogP) is 0.920. The van der Waals surface area contributed by atoms with Crippen LogP contribution in [0.25, 0.3) is 0 Å². The summed E-state index contributed by atoms with van der Waals surface area (Å²) in [4.78, 5) is 25.9. The SMILES string of the molecule is O=C(NCC1CC1)c1ccnc(C(=O)O)c1. The first-order chi connectivity index (χ1) is 7.66. The Balaban J connectivity index is 2.03. The third-order valence-corrected chi connectivity index (χ3v) is 2.49. The molecule has 0 unspecified atom stereocenters. The van der Waals surface area contributed by atoms with Crippen molar-refractivity contribution in [2.75, 3.05) is 6.54 Å². The van der Waals surface area contributed by atoms with Gasteiger partial charge in [-0.05, 0) is 30.9 Å². The lowest BCUT2D eigenvalue weighted by atomic mass is 10.2. The zero-order valence-corrected chi connectivity index (χ0v) is 8.64. The van der Waals surface area contributed by atoms with E-state index in [9.17, 15) is 9.59 Å². The molecule has 0 aromatic carbocycles. The van der Waals surface area contributed by atoms with Crippen LogP contribution in [0, 0.1) is 5.92 Å². The molecule has 0 radical (unpaired) electrons. The van der Waals surface area contributed by atoms with Crippen molar-refractivity contribution in [3.8, 4) is 0 Å². The topological polar surface area (TPSA) is 79.3 Å². The van der Waals surface area contributed by atoms with E-state index in [0.29, 0.717) is 18.0 Å². The zero-order chi connectivity index (χ0) is 11.5. The summed E-state index contributed by atoms with van der Waals surface area (Å²) in [5, 5.41) is 11.5. The van der Waals surface area contributed by atoms with Crippen LogP contribution in [0.1, 0.15) is 33.7 Å². The highest BCUT2D eigenvalue weighted by Crippen LogP contribution is 2.27. The average Bonchev–Trinajstić information content (AvgIpc) is 3.10. The Morgan fingerprint density at radius 2 is 2.25 bits per heavy atom. The standard InChI is InChI=1S/C11H12N2O3/c14-10(13-6-7-1-2-7)8-3-4-12-9(5-8)11(15)16/h3-5,7H,1-2,6H2,(H,13,14)(H,15,16). The second-order valence-electron chi connectivity index (χ2n) is 3.89. The van der Waals surface area contributed by atoms with Crippen molar-refractivity contribution >= 4 is 11.9 Å². The minimum absolute atomic E-state index is 0.112. The van der Waals surface area contributed by atoms with Crippen LogP contribution in [0.2, 0.25) is 0 Å². The number of rotatable bonds is 4. The van der Waals surface area contributed by atoms with Gasteiger partial charge in [0.05, 0.1) is 0 Å². The number of carboxylic acid groups (broad SMARTS) is 1. The molecule has 5 heteroatoms. The lowest BCUT2D eigenvalue weighted by Gasteiger charge is -2.04. The fourth-order valence-electron chi connectivity index (χ4n) is 1.35. The maximum absolute atomic E-state index is 11.6. The quantitative estimate of drug-likeness (QED) is 0.790. The summed E-state index contributed by atoms with van der Waals surface area (Å²) in [7, 11) is 0. The number of nitrogens with zero attached hydrogens (tertiary/aromatic N) is 1. The number of carboxylic acids is 1. The van der Waals surface area contributed by atoms with Gasteiger partial charge in [0.1, 0.15) is 5.69 Å². The molecule has 5 nitrogen and oxygen atoms in total. The molecule has 0 aliphatic heterocycles. The number of pyridine rings is 1. The highest BCUT2D eigenvalue weighted by molar-refractivity contribution is 5.96. The fourth-order valence-corrected chi connectivity index (χ4v) is 1.35. The van der Waals surface area contributed by atoms with Crippen molar-refractivity contribution in [3.05, 3.63) is 29.6 Å². The van der Waals surface area contributed by atoms with Crippen LogP contribution in [0.5, 0.6) is 0 Å². The number of carbonyl (C=O) groups is 2. The molecule has 0 bridgehead atoms. The molecule has 0 spiro atoms. The van der Waals surface area contributed by atoms with Gasteiger partial charge in [-0.25, -0.2) is 9.78 Å². The van der Waals surface area contributed by atoms with Crippen LogP contribution in [0.3, 0.4) is 0 Å². The molecule has 2 rings (SSSR count). The molecule has 1 amide bonds. The Hall–Kier alpha value is -1.91. The molecule has 1 saturated carbocycles. The number of hydrogen-bond donors (Lipinski definition) is 2. The molecule has 1 fully saturated rings. The van der Waals surface area contributed by atoms with Crippen molar-refractivity contribution < 1.29 is 14.7 Å². The van der Waals surface area contributed by atoms with Gasteiger partial charge in [-0.2, -0.15) is 0 Å². The molecule has 84 valence electrons. The summed E-state index contributed by atoms with van der Waals surface area (Å²) in [6.45, 7) is 0.670. The normalized spacial score (nSPS) is 14.5. The predicted molar refractivity (Wildman–Crippen MR) is 56.3 cm³/mol. The molecule has 1 aliphatic rings. The van der Waals surface area contributed by atoms with Crippen LogP contribution in [-0.2, 0) is 0 Å². The van der Waals surface area contributed by atoms with E-state index < -0.39 is 5.97 Å². The summed E-state index contributed by atoms with van der Waals surface area (Å²) < 4.78 is 0. The van der Waals surface area contributed by atoms with Gasteiger partial charge in [0.2, 0.25) is 0 Å². The van der Waals surface area contributed by atoms with Crippen LogP contribution in [-0.4, -0.2) is 28.5 Å². The smallest absolute Gasteiger partial charge is 0.354 e. The maximum Gasteiger partial charge on any atom is 0.354 e. The highest BCUT2D eigenvalue weighted by Gasteiger charge is 2.22. The minimum atomic E-state index is -1.13. The number of hydrogen-bond acceptors (Lipinski definition) is 3. The largest absolute Gasteiger partial charge is 0.477 e. The monoisotopic (exact) mass is 220 g/mol. The number of aromatic carboxylic acids is 1. The fraction of sp³-hybridized carbons (Fsp3) is 0.364. The Morgan fingerprint density at radius 1 is 1.50 bits per heavy atom. The molecule has 1 aliphatic carbocycles.